The molecule has 1 saturated carbocycles. The monoisotopic (exact) mass is 395 g/mol. The standard InChI is InChI=1S/C20H15F2N5O2/c1-10-16-17(10)29-19(24)27-20(16,9-21)13-6-12(3-4-14(13)22)26-18(28)15-5-2-11(7-23)8-25-15/h2-6,8,16-17H,1,9H2,(H2,24,27)(H,26,28)/t16-,17+,20+/m0/s1. The number of carbonyl (C=O) groups is 1. The number of amides is 1. The van der Waals surface area contributed by atoms with E-state index in [9.17, 15) is 13.6 Å². The molecular weight excluding hydrogens is 380 g/mol. The molecule has 3 N–H and O–H groups in total. The summed E-state index contributed by atoms with van der Waals surface area (Å²) in [6.45, 7) is 2.81. The highest BCUT2D eigenvalue weighted by Crippen LogP contribution is 2.56. The lowest BCUT2D eigenvalue weighted by Gasteiger charge is -2.31. The molecule has 0 bridgehead atoms. The number of aromatic nitrogens is 1. The van der Waals surface area contributed by atoms with E-state index in [1.807, 2.05) is 6.07 Å². The third-order valence-corrected chi connectivity index (χ3v) is 5.05. The largest absolute Gasteiger partial charge is 0.457 e. The molecule has 7 nitrogen and oxygen atoms in total. The summed E-state index contributed by atoms with van der Waals surface area (Å²) < 4.78 is 34.2. The number of alkyl halides is 1. The Hall–Kier alpha value is -3.80. The first-order valence-electron chi connectivity index (χ1n) is 8.64. The van der Waals surface area contributed by atoms with Crippen molar-refractivity contribution in [2.24, 2.45) is 16.6 Å². The van der Waals surface area contributed by atoms with Crippen molar-refractivity contribution in [1.82, 2.24) is 4.98 Å². The predicted octanol–water partition coefficient (Wildman–Crippen LogP) is 2.41. The molecule has 1 fully saturated rings. The lowest BCUT2D eigenvalue weighted by atomic mass is 9.85. The van der Waals surface area contributed by atoms with Gasteiger partial charge in [0.1, 0.15) is 35.9 Å². The van der Waals surface area contributed by atoms with E-state index in [0.29, 0.717) is 11.1 Å². The van der Waals surface area contributed by atoms with Gasteiger partial charge in [-0.05, 0) is 35.9 Å². The molecule has 3 atom stereocenters. The second-order valence-electron chi connectivity index (χ2n) is 6.79. The minimum Gasteiger partial charge on any atom is -0.457 e. The number of amidine groups is 1. The van der Waals surface area contributed by atoms with Crippen LogP contribution in [0.5, 0.6) is 0 Å². The molecule has 146 valence electrons. The number of benzene rings is 1. The molecule has 29 heavy (non-hydrogen) atoms. The summed E-state index contributed by atoms with van der Waals surface area (Å²) in [5, 5.41) is 11.4. The summed E-state index contributed by atoms with van der Waals surface area (Å²) in [4.78, 5) is 20.4. The summed E-state index contributed by atoms with van der Waals surface area (Å²) in [7, 11) is 0. The molecule has 0 spiro atoms. The number of ether oxygens (including phenoxy) is 1. The van der Waals surface area contributed by atoms with Crippen LogP contribution in [-0.2, 0) is 10.3 Å². The van der Waals surface area contributed by atoms with E-state index in [0.717, 1.165) is 6.07 Å². The first kappa shape index (κ1) is 18.6. The lowest BCUT2D eigenvalue weighted by Crippen LogP contribution is -2.39. The van der Waals surface area contributed by atoms with Crippen molar-refractivity contribution in [3.63, 3.8) is 0 Å². The van der Waals surface area contributed by atoms with Gasteiger partial charge in [0.2, 0.25) is 0 Å². The normalized spacial score (nSPS) is 24.6. The third kappa shape index (κ3) is 2.99. The Morgan fingerprint density at radius 3 is 2.86 bits per heavy atom. The summed E-state index contributed by atoms with van der Waals surface area (Å²) in [6, 6.07) is 8.30. The highest BCUT2D eigenvalue weighted by atomic mass is 19.1. The zero-order valence-electron chi connectivity index (χ0n) is 15.0. The Labute approximate surface area is 164 Å². The van der Waals surface area contributed by atoms with Crippen LogP contribution in [0, 0.1) is 23.1 Å². The first-order chi connectivity index (χ1) is 13.9. The molecule has 0 radical (unpaired) electrons. The Kier molecular flexibility index (Phi) is 4.27. The third-order valence-electron chi connectivity index (χ3n) is 5.05. The van der Waals surface area contributed by atoms with Crippen LogP contribution >= 0.6 is 0 Å². The van der Waals surface area contributed by atoms with Gasteiger partial charge in [0.25, 0.3) is 11.9 Å². The van der Waals surface area contributed by atoms with Crippen LogP contribution in [0.4, 0.5) is 14.5 Å². The zero-order valence-corrected chi connectivity index (χ0v) is 15.0. The summed E-state index contributed by atoms with van der Waals surface area (Å²) in [5.41, 5.74) is 5.22. The fraction of sp³-hybridized carbons (Fsp3) is 0.200. The fourth-order valence-electron chi connectivity index (χ4n) is 3.55. The zero-order chi connectivity index (χ0) is 20.8. The van der Waals surface area contributed by atoms with E-state index in [2.05, 4.69) is 21.9 Å². The fourth-order valence-corrected chi connectivity index (χ4v) is 3.55. The second-order valence-corrected chi connectivity index (χ2v) is 6.79. The van der Waals surface area contributed by atoms with Crippen molar-refractivity contribution in [2.75, 3.05) is 12.0 Å². The number of rotatable bonds is 4. The number of pyridine rings is 1. The van der Waals surface area contributed by atoms with E-state index < -0.39 is 36.0 Å². The molecule has 1 aromatic carbocycles. The van der Waals surface area contributed by atoms with Crippen molar-refractivity contribution in [2.45, 2.75) is 11.6 Å². The summed E-state index contributed by atoms with van der Waals surface area (Å²) >= 11 is 0. The molecule has 9 heteroatoms. The van der Waals surface area contributed by atoms with Gasteiger partial charge in [-0.25, -0.2) is 18.8 Å². The molecule has 1 aliphatic heterocycles. The maximum Gasteiger partial charge on any atom is 0.283 e. The number of hydrogen-bond donors (Lipinski definition) is 2. The predicted molar refractivity (Wildman–Crippen MR) is 100 cm³/mol. The number of fused-ring (bicyclic) bond motifs is 1. The van der Waals surface area contributed by atoms with Gasteiger partial charge in [-0.1, -0.05) is 6.58 Å². The second kappa shape index (κ2) is 6.67. The van der Waals surface area contributed by atoms with Crippen LogP contribution in [0.3, 0.4) is 0 Å². The van der Waals surface area contributed by atoms with E-state index >= 15 is 0 Å². The molecule has 1 aliphatic carbocycles. The quantitative estimate of drug-likeness (QED) is 0.772. The van der Waals surface area contributed by atoms with E-state index in [-0.39, 0.29) is 23.0 Å². The van der Waals surface area contributed by atoms with Gasteiger partial charge in [-0.15, -0.1) is 0 Å². The highest BCUT2D eigenvalue weighted by Gasteiger charge is 2.63. The van der Waals surface area contributed by atoms with Gasteiger partial charge < -0.3 is 15.8 Å². The minimum atomic E-state index is -1.60. The van der Waals surface area contributed by atoms with Gasteiger partial charge in [0, 0.05) is 17.4 Å². The number of halogens is 2. The van der Waals surface area contributed by atoms with Gasteiger partial charge in [0.05, 0.1) is 11.5 Å². The van der Waals surface area contributed by atoms with Crippen LogP contribution < -0.4 is 11.1 Å². The Morgan fingerprint density at radius 2 is 2.21 bits per heavy atom. The van der Waals surface area contributed by atoms with Gasteiger partial charge >= 0.3 is 0 Å². The van der Waals surface area contributed by atoms with Gasteiger partial charge in [-0.3, -0.25) is 4.79 Å². The van der Waals surface area contributed by atoms with Crippen LogP contribution in [0.2, 0.25) is 0 Å². The van der Waals surface area contributed by atoms with Crippen molar-refractivity contribution in [1.29, 1.82) is 5.26 Å². The van der Waals surface area contributed by atoms with E-state index in [1.54, 1.807) is 0 Å². The molecule has 1 amide bonds. The maximum atomic E-state index is 14.7. The maximum absolute atomic E-state index is 14.7. The molecule has 1 aromatic heterocycles. The Balaban J connectivity index is 1.67. The van der Waals surface area contributed by atoms with Crippen LogP contribution in [0.1, 0.15) is 21.6 Å². The minimum absolute atomic E-state index is 0.0505. The molecule has 2 heterocycles. The number of anilines is 1. The molecule has 4 rings (SSSR count). The molecule has 0 unspecified atom stereocenters. The smallest absolute Gasteiger partial charge is 0.283 e. The highest BCUT2D eigenvalue weighted by molar-refractivity contribution is 6.02. The SMILES string of the molecule is C=C1[C@H]2OC(N)=N[C@](CF)(c3cc(NC(=O)c4ccc(C#N)cn4)ccc3F)[C@@H]12. The Bertz CT molecular complexity index is 1090. The number of nitriles is 1. The number of aliphatic imine (C=N–C) groups is 1. The average Bonchev–Trinajstić information content (AvgIpc) is 3.38. The van der Waals surface area contributed by atoms with E-state index in [1.165, 1.54) is 30.5 Å². The van der Waals surface area contributed by atoms with Gasteiger partial charge in [-0.2, -0.15) is 5.26 Å². The molecule has 0 saturated heterocycles. The lowest BCUT2D eigenvalue weighted by molar-refractivity contribution is 0.102. The number of nitrogens with zero attached hydrogens (tertiary/aromatic N) is 3. The van der Waals surface area contributed by atoms with Crippen molar-refractivity contribution >= 4 is 17.6 Å². The average molecular weight is 395 g/mol. The molecule has 2 aromatic rings. The van der Waals surface area contributed by atoms with Crippen molar-refractivity contribution in [3.05, 3.63) is 71.3 Å². The summed E-state index contributed by atoms with van der Waals surface area (Å²) in [6.07, 6.45) is 0.755. The van der Waals surface area contributed by atoms with Crippen LogP contribution in [0.15, 0.2) is 53.7 Å². The summed E-state index contributed by atoms with van der Waals surface area (Å²) in [5.74, 6) is -1.79. The topological polar surface area (TPSA) is 113 Å². The molecule has 2 aliphatic rings. The first-order valence-corrected chi connectivity index (χ1v) is 8.64. The number of carbonyl (C=O) groups excluding carboxylic acids is 1. The van der Waals surface area contributed by atoms with Crippen molar-refractivity contribution < 1.29 is 18.3 Å². The van der Waals surface area contributed by atoms with Crippen LogP contribution in [-0.4, -0.2) is 29.7 Å². The number of hydrogen-bond acceptors (Lipinski definition) is 6. The molecular formula is C20H15F2N5O2. The van der Waals surface area contributed by atoms with Gasteiger partial charge in [0.15, 0.2) is 0 Å². The van der Waals surface area contributed by atoms with Crippen LogP contribution in [0.25, 0.3) is 0 Å². The Morgan fingerprint density at radius 1 is 1.41 bits per heavy atom. The number of nitrogens with two attached hydrogens (primary N) is 1. The van der Waals surface area contributed by atoms with Crippen molar-refractivity contribution in [3.8, 4) is 6.07 Å². The van der Waals surface area contributed by atoms with E-state index in [4.69, 9.17) is 15.7 Å². The number of nitrogens with one attached hydrogen (secondary N) is 1.